The first-order valence-electron chi connectivity index (χ1n) is 6.16. The SMILES string of the molecule is CCC(C)(C)NC(=O)CS(=O)(=O)c1ccc(Br)cc1N. The van der Waals surface area contributed by atoms with Gasteiger partial charge in [-0.3, -0.25) is 4.79 Å². The zero-order valence-corrected chi connectivity index (χ0v) is 14.1. The van der Waals surface area contributed by atoms with Gasteiger partial charge in [0.1, 0.15) is 5.75 Å². The third kappa shape index (κ3) is 4.49. The maximum atomic E-state index is 12.2. The van der Waals surface area contributed by atoms with E-state index in [-0.39, 0.29) is 10.6 Å². The van der Waals surface area contributed by atoms with Gasteiger partial charge in [0.2, 0.25) is 5.91 Å². The van der Waals surface area contributed by atoms with Crippen LogP contribution in [0.2, 0.25) is 0 Å². The van der Waals surface area contributed by atoms with Crippen molar-refractivity contribution in [1.82, 2.24) is 5.32 Å². The minimum atomic E-state index is -3.75. The Labute approximate surface area is 128 Å². The van der Waals surface area contributed by atoms with Crippen LogP contribution in [0, 0.1) is 0 Å². The number of anilines is 1. The first-order valence-corrected chi connectivity index (χ1v) is 8.61. The molecule has 0 saturated heterocycles. The first kappa shape index (κ1) is 17.0. The molecule has 20 heavy (non-hydrogen) atoms. The second-order valence-corrected chi connectivity index (χ2v) is 8.10. The molecular weight excluding hydrogens is 344 g/mol. The Bertz CT molecular complexity index is 612. The van der Waals surface area contributed by atoms with E-state index in [1.807, 2.05) is 20.8 Å². The largest absolute Gasteiger partial charge is 0.398 e. The summed E-state index contributed by atoms with van der Waals surface area (Å²) in [4.78, 5) is 11.8. The van der Waals surface area contributed by atoms with Crippen LogP contribution in [0.15, 0.2) is 27.6 Å². The van der Waals surface area contributed by atoms with Crippen LogP contribution < -0.4 is 11.1 Å². The predicted molar refractivity (Wildman–Crippen MR) is 83.1 cm³/mol. The van der Waals surface area contributed by atoms with E-state index in [0.717, 1.165) is 0 Å². The molecule has 1 amide bonds. The fraction of sp³-hybridized carbons (Fsp3) is 0.462. The molecule has 0 aliphatic rings. The summed E-state index contributed by atoms with van der Waals surface area (Å²) >= 11 is 3.21. The summed E-state index contributed by atoms with van der Waals surface area (Å²) in [6.07, 6.45) is 0.708. The first-order chi connectivity index (χ1) is 9.07. The van der Waals surface area contributed by atoms with Gasteiger partial charge in [0.05, 0.1) is 10.6 Å². The minimum Gasteiger partial charge on any atom is -0.398 e. The highest BCUT2D eigenvalue weighted by atomic mass is 79.9. The Morgan fingerprint density at radius 2 is 2.00 bits per heavy atom. The molecule has 0 bridgehead atoms. The highest BCUT2D eigenvalue weighted by Gasteiger charge is 2.25. The molecule has 0 aliphatic heterocycles. The van der Waals surface area contributed by atoms with E-state index in [1.54, 1.807) is 6.07 Å². The highest BCUT2D eigenvalue weighted by molar-refractivity contribution is 9.10. The molecule has 112 valence electrons. The highest BCUT2D eigenvalue weighted by Crippen LogP contribution is 2.23. The van der Waals surface area contributed by atoms with Crippen LogP contribution >= 0.6 is 15.9 Å². The lowest BCUT2D eigenvalue weighted by molar-refractivity contribution is -0.120. The van der Waals surface area contributed by atoms with Gasteiger partial charge < -0.3 is 11.1 Å². The van der Waals surface area contributed by atoms with Gasteiger partial charge in [0, 0.05) is 10.0 Å². The van der Waals surface area contributed by atoms with Crippen molar-refractivity contribution in [2.24, 2.45) is 0 Å². The van der Waals surface area contributed by atoms with Crippen molar-refractivity contribution < 1.29 is 13.2 Å². The molecule has 0 radical (unpaired) electrons. The second-order valence-electron chi connectivity index (χ2n) is 5.23. The van der Waals surface area contributed by atoms with Gasteiger partial charge in [-0.25, -0.2) is 8.42 Å². The third-order valence-corrected chi connectivity index (χ3v) is 5.17. The quantitative estimate of drug-likeness (QED) is 0.784. The van der Waals surface area contributed by atoms with Gasteiger partial charge in [-0.15, -0.1) is 0 Å². The lowest BCUT2D eigenvalue weighted by Crippen LogP contribution is -2.45. The van der Waals surface area contributed by atoms with Crippen LogP contribution in [0.25, 0.3) is 0 Å². The maximum Gasteiger partial charge on any atom is 0.235 e. The molecule has 7 heteroatoms. The molecule has 1 aromatic carbocycles. The summed E-state index contributed by atoms with van der Waals surface area (Å²) in [6.45, 7) is 5.60. The van der Waals surface area contributed by atoms with Crippen molar-refractivity contribution >= 4 is 37.4 Å². The van der Waals surface area contributed by atoms with Crippen molar-refractivity contribution in [2.45, 2.75) is 37.6 Å². The molecule has 0 unspecified atom stereocenters. The molecule has 0 aliphatic carbocycles. The maximum absolute atomic E-state index is 12.2. The summed E-state index contributed by atoms with van der Waals surface area (Å²) in [5.41, 5.74) is 5.39. The fourth-order valence-corrected chi connectivity index (χ4v) is 3.20. The minimum absolute atomic E-state index is 0.0230. The molecule has 5 nitrogen and oxygen atoms in total. The Hall–Kier alpha value is -1.08. The van der Waals surface area contributed by atoms with Gasteiger partial charge >= 0.3 is 0 Å². The normalized spacial score (nSPS) is 12.2. The molecule has 1 rings (SSSR count). The van der Waals surface area contributed by atoms with E-state index in [1.165, 1.54) is 12.1 Å². The van der Waals surface area contributed by atoms with Gasteiger partial charge in [-0.2, -0.15) is 0 Å². The topological polar surface area (TPSA) is 89.3 Å². The molecular formula is C13H19BrN2O3S. The Morgan fingerprint density at radius 1 is 1.40 bits per heavy atom. The number of amides is 1. The molecule has 0 atom stereocenters. The van der Waals surface area contributed by atoms with Crippen molar-refractivity contribution in [1.29, 1.82) is 0 Å². The number of halogens is 1. The van der Waals surface area contributed by atoms with Crippen LogP contribution in [0.3, 0.4) is 0 Å². The van der Waals surface area contributed by atoms with Gasteiger partial charge in [0.15, 0.2) is 9.84 Å². The monoisotopic (exact) mass is 362 g/mol. The van der Waals surface area contributed by atoms with E-state index in [9.17, 15) is 13.2 Å². The molecule has 0 aromatic heterocycles. The van der Waals surface area contributed by atoms with Gasteiger partial charge in [-0.1, -0.05) is 22.9 Å². The number of benzene rings is 1. The van der Waals surface area contributed by atoms with E-state index in [4.69, 9.17) is 5.73 Å². The van der Waals surface area contributed by atoms with Gasteiger partial charge in [-0.05, 0) is 38.5 Å². The Balaban J connectivity index is 2.93. The van der Waals surface area contributed by atoms with Gasteiger partial charge in [0.25, 0.3) is 0 Å². The van der Waals surface area contributed by atoms with Crippen LogP contribution in [0.5, 0.6) is 0 Å². The van der Waals surface area contributed by atoms with E-state index in [2.05, 4.69) is 21.2 Å². The van der Waals surface area contributed by atoms with E-state index < -0.39 is 27.0 Å². The van der Waals surface area contributed by atoms with Crippen molar-refractivity contribution in [2.75, 3.05) is 11.5 Å². The number of hydrogen-bond donors (Lipinski definition) is 2. The Kier molecular flexibility index (Phi) is 5.21. The van der Waals surface area contributed by atoms with E-state index >= 15 is 0 Å². The van der Waals surface area contributed by atoms with Crippen LogP contribution in [0.1, 0.15) is 27.2 Å². The number of nitrogens with one attached hydrogen (secondary N) is 1. The summed E-state index contributed by atoms with van der Waals surface area (Å²) in [6, 6.07) is 4.48. The summed E-state index contributed by atoms with van der Waals surface area (Å²) in [5, 5.41) is 2.69. The number of sulfone groups is 1. The summed E-state index contributed by atoms with van der Waals surface area (Å²) in [7, 11) is -3.75. The number of carbonyl (C=O) groups is 1. The third-order valence-electron chi connectivity index (χ3n) is 2.99. The van der Waals surface area contributed by atoms with Crippen molar-refractivity contribution in [3.63, 3.8) is 0 Å². The van der Waals surface area contributed by atoms with Crippen LogP contribution in [-0.2, 0) is 14.6 Å². The zero-order chi connectivity index (χ0) is 15.6. The lowest BCUT2D eigenvalue weighted by Gasteiger charge is -2.24. The number of hydrogen-bond acceptors (Lipinski definition) is 4. The fourth-order valence-electron chi connectivity index (χ4n) is 1.55. The van der Waals surface area contributed by atoms with Crippen LogP contribution in [0.4, 0.5) is 5.69 Å². The molecule has 0 fully saturated rings. The lowest BCUT2D eigenvalue weighted by atomic mass is 10.0. The molecule has 0 heterocycles. The number of carbonyl (C=O) groups excluding carboxylic acids is 1. The molecule has 0 saturated carbocycles. The predicted octanol–water partition coefficient (Wildman–Crippen LogP) is 2.11. The average Bonchev–Trinajstić information content (AvgIpc) is 2.26. The van der Waals surface area contributed by atoms with E-state index in [0.29, 0.717) is 10.9 Å². The Morgan fingerprint density at radius 3 is 2.50 bits per heavy atom. The summed E-state index contributed by atoms with van der Waals surface area (Å²) in [5.74, 6) is -1.14. The van der Waals surface area contributed by atoms with Crippen LogP contribution in [-0.4, -0.2) is 25.6 Å². The molecule has 1 aromatic rings. The molecule has 0 spiro atoms. The van der Waals surface area contributed by atoms with Crippen molar-refractivity contribution in [3.05, 3.63) is 22.7 Å². The van der Waals surface area contributed by atoms with Crippen molar-refractivity contribution in [3.8, 4) is 0 Å². The zero-order valence-electron chi connectivity index (χ0n) is 11.7. The molecule has 3 N–H and O–H groups in total. The average molecular weight is 363 g/mol. The number of rotatable bonds is 5. The number of nitrogens with two attached hydrogens (primary N) is 1. The second kappa shape index (κ2) is 6.13. The smallest absolute Gasteiger partial charge is 0.235 e. The standard InChI is InChI=1S/C13H19BrN2O3S/c1-4-13(2,3)16-12(17)8-20(18,19)11-6-5-9(14)7-10(11)15/h5-7H,4,8,15H2,1-3H3,(H,16,17). The summed E-state index contributed by atoms with van der Waals surface area (Å²) < 4.78 is 25.1. The number of nitrogen functional groups attached to an aromatic ring is 1.